The maximum absolute atomic E-state index is 11.1. The second-order valence-electron chi connectivity index (χ2n) is 3.13. The lowest BCUT2D eigenvalue weighted by atomic mass is 10.5. The number of carbonyl (C=O) groups excluding carboxylic acids is 2. The van der Waals surface area contributed by atoms with Gasteiger partial charge in [0.1, 0.15) is 0 Å². The molecule has 1 aliphatic rings. The molecule has 0 atom stereocenters. The van der Waals surface area contributed by atoms with Crippen LogP contribution in [0.5, 0.6) is 0 Å². The van der Waals surface area contributed by atoms with Gasteiger partial charge in [0.2, 0.25) is 0 Å². The van der Waals surface area contributed by atoms with Crippen molar-refractivity contribution in [1.82, 2.24) is 10.2 Å². The summed E-state index contributed by atoms with van der Waals surface area (Å²) < 4.78 is 5.26. The van der Waals surface area contributed by atoms with E-state index >= 15 is 0 Å². The highest BCUT2D eigenvalue weighted by Crippen LogP contribution is 2.02. The standard InChI is InChI=1S/C10H16N2O3/c1-2-11-5-7-15-8-6-12-9(13)3-4-10(12)14/h3-4,11H,2,5-8H2,1H3. The number of carbonyl (C=O) groups is 2. The molecule has 5 nitrogen and oxygen atoms in total. The quantitative estimate of drug-likeness (QED) is 0.458. The van der Waals surface area contributed by atoms with Gasteiger partial charge in [-0.3, -0.25) is 14.5 Å². The second-order valence-corrected chi connectivity index (χ2v) is 3.13. The van der Waals surface area contributed by atoms with Gasteiger partial charge in [-0.05, 0) is 6.54 Å². The average molecular weight is 212 g/mol. The summed E-state index contributed by atoms with van der Waals surface area (Å²) in [4.78, 5) is 23.4. The van der Waals surface area contributed by atoms with E-state index < -0.39 is 0 Å². The fraction of sp³-hybridized carbons (Fsp3) is 0.600. The van der Waals surface area contributed by atoms with E-state index in [0.717, 1.165) is 13.1 Å². The molecule has 5 heteroatoms. The summed E-state index contributed by atoms with van der Waals surface area (Å²) in [5.74, 6) is -0.509. The molecule has 84 valence electrons. The fourth-order valence-electron chi connectivity index (χ4n) is 1.23. The van der Waals surface area contributed by atoms with E-state index in [1.165, 1.54) is 17.1 Å². The summed E-state index contributed by atoms with van der Waals surface area (Å²) in [6, 6.07) is 0. The zero-order valence-corrected chi connectivity index (χ0v) is 8.86. The summed E-state index contributed by atoms with van der Waals surface area (Å²) in [6.07, 6.45) is 2.56. The largest absolute Gasteiger partial charge is 0.378 e. The molecule has 1 aliphatic heterocycles. The van der Waals surface area contributed by atoms with Crippen LogP contribution >= 0.6 is 0 Å². The molecular weight excluding hydrogens is 196 g/mol. The first-order valence-electron chi connectivity index (χ1n) is 5.07. The first-order chi connectivity index (χ1) is 7.25. The Kier molecular flexibility index (Phi) is 5.00. The summed E-state index contributed by atoms with van der Waals surface area (Å²) in [5.41, 5.74) is 0. The van der Waals surface area contributed by atoms with Crippen LogP contribution in [0.1, 0.15) is 6.92 Å². The van der Waals surface area contributed by atoms with E-state index in [1.54, 1.807) is 0 Å². The van der Waals surface area contributed by atoms with Crippen LogP contribution in [-0.2, 0) is 14.3 Å². The van der Waals surface area contributed by atoms with Crippen molar-refractivity contribution in [2.24, 2.45) is 0 Å². The smallest absolute Gasteiger partial charge is 0.253 e. The second kappa shape index (κ2) is 6.31. The Balaban J connectivity index is 2.05. The molecule has 0 bridgehead atoms. The highest BCUT2D eigenvalue weighted by molar-refractivity contribution is 6.12. The Hall–Kier alpha value is -1.20. The molecule has 0 aliphatic carbocycles. The van der Waals surface area contributed by atoms with Gasteiger partial charge in [0.25, 0.3) is 11.8 Å². The highest BCUT2D eigenvalue weighted by atomic mass is 16.5. The Morgan fingerprint density at radius 3 is 2.53 bits per heavy atom. The van der Waals surface area contributed by atoms with Crippen molar-refractivity contribution < 1.29 is 14.3 Å². The molecule has 1 heterocycles. The van der Waals surface area contributed by atoms with Crippen molar-refractivity contribution in [2.45, 2.75) is 6.92 Å². The number of nitrogens with zero attached hydrogens (tertiary/aromatic N) is 1. The molecule has 0 radical (unpaired) electrons. The molecule has 0 fully saturated rings. The summed E-state index contributed by atoms with van der Waals surface area (Å²) in [6.45, 7) is 5.04. The van der Waals surface area contributed by atoms with Gasteiger partial charge in [-0.25, -0.2) is 0 Å². The summed E-state index contributed by atoms with van der Waals surface area (Å²) >= 11 is 0. The van der Waals surface area contributed by atoms with Crippen molar-refractivity contribution in [2.75, 3.05) is 32.8 Å². The SMILES string of the molecule is CCNCCOCCN1C(=O)C=CC1=O. The minimum Gasteiger partial charge on any atom is -0.378 e. The lowest BCUT2D eigenvalue weighted by Crippen LogP contribution is -2.33. The third-order valence-corrected chi connectivity index (χ3v) is 2.03. The first-order valence-corrected chi connectivity index (χ1v) is 5.07. The van der Waals surface area contributed by atoms with Crippen molar-refractivity contribution in [3.05, 3.63) is 12.2 Å². The number of imide groups is 1. The van der Waals surface area contributed by atoms with Crippen molar-refractivity contribution in [3.63, 3.8) is 0 Å². The normalized spacial score (nSPS) is 15.4. The van der Waals surface area contributed by atoms with Crippen LogP contribution in [0, 0.1) is 0 Å². The maximum Gasteiger partial charge on any atom is 0.253 e. The fourth-order valence-corrected chi connectivity index (χ4v) is 1.23. The minimum atomic E-state index is -0.254. The van der Waals surface area contributed by atoms with Gasteiger partial charge < -0.3 is 10.1 Å². The van der Waals surface area contributed by atoms with Crippen LogP contribution in [0.3, 0.4) is 0 Å². The third-order valence-electron chi connectivity index (χ3n) is 2.03. The predicted octanol–water partition coefficient (Wildman–Crippen LogP) is -0.463. The number of amides is 2. The van der Waals surface area contributed by atoms with Crippen LogP contribution < -0.4 is 5.32 Å². The number of hydrogen-bond acceptors (Lipinski definition) is 4. The average Bonchev–Trinajstić information content (AvgIpc) is 2.54. The first kappa shape index (κ1) is 11.9. The van der Waals surface area contributed by atoms with Gasteiger partial charge in [0.15, 0.2) is 0 Å². The van der Waals surface area contributed by atoms with Crippen LogP contribution in [0.15, 0.2) is 12.2 Å². The van der Waals surface area contributed by atoms with Crippen LogP contribution in [0.4, 0.5) is 0 Å². The van der Waals surface area contributed by atoms with Crippen molar-refractivity contribution in [3.8, 4) is 0 Å². The van der Waals surface area contributed by atoms with Gasteiger partial charge in [-0.15, -0.1) is 0 Å². The number of rotatable bonds is 7. The topological polar surface area (TPSA) is 58.6 Å². The third kappa shape index (κ3) is 3.81. The summed E-state index contributed by atoms with van der Waals surface area (Å²) in [5, 5.41) is 3.11. The molecule has 0 aromatic heterocycles. The Morgan fingerprint density at radius 2 is 1.93 bits per heavy atom. The summed E-state index contributed by atoms with van der Waals surface area (Å²) in [7, 11) is 0. The lowest BCUT2D eigenvalue weighted by Gasteiger charge is -2.13. The van der Waals surface area contributed by atoms with Gasteiger partial charge in [0, 0.05) is 18.7 Å². The molecular formula is C10H16N2O3. The van der Waals surface area contributed by atoms with Crippen LogP contribution in [0.25, 0.3) is 0 Å². The van der Waals surface area contributed by atoms with Crippen LogP contribution in [-0.4, -0.2) is 49.6 Å². The Morgan fingerprint density at radius 1 is 1.27 bits per heavy atom. The molecule has 0 unspecified atom stereocenters. The van der Waals surface area contributed by atoms with Gasteiger partial charge in [0.05, 0.1) is 19.8 Å². The number of hydrogen-bond donors (Lipinski definition) is 1. The predicted molar refractivity (Wildman–Crippen MR) is 55.2 cm³/mol. The minimum absolute atomic E-state index is 0.254. The zero-order chi connectivity index (χ0) is 11.1. The van der Waals surface area contributed by atoms with Crippen LogP contribution in [0.2, 0.25) is 0 Å². The molecule has 2 amide bonds. The molecule has 0 aromatic rings. The number of nitrogens with one attached hydrogen (secondary N) is 1. The van der Waals surface area contributed by atoms with E-state index in [4.69, 9.17) is 4.74 Å². The molecule has 1 N–H and O–H groups in total. The lowest BCUT2D eigenvalue weighted by molar-refractivity contribution is -0.137. The van der Waals surface area contributed by atoms with Crippen molar-refractivity contribution >= 4 is 11.8 Å². The molecule has 0 aromatic carbocycles. The number of ether oxygens (including phenoxy) is 1. The van der Waals surface area contributed by atoms with Gasteiger partial charge in [-0.2, -0.15) is 0 Å². The highest BCUT2D eigenvalue weighted by Gasteiger charge is 2.22. The molecule has 15 heavy (non-hydrogen) atoms. The zero-order valence-electron chi connectivity index (χ0n) is 8.86. The van der Waals surface area contributed by atoms with E-state index in [0.29, 0.717) is 19.8 Å². The van der Waals surface area contributed by atoms with Gasteiger partial charge in [-0.1, -0.05) is 6.92 Å². The van der Waals surface area contributed by atoms with E-state index in [2.05, 4.69) is 5.32 Å². The molecule has 0 saturated heterocycles. The Bertz CT molecular complexity index is 245. The van der Waals surface area contributed by atoms with Crippen molar-refractivity contribution in [1.29, 1.82) is 0 Å². The van der Waals surface area contributed by atoms with Gasteiger partial charge >= 0.3 is 0 Å². The monoisotopic (exact) mass is 212 g/mol. The maximum atomic E-state index is 11.1. The van der Waals surface area contributed by atoms with E-state index in [-0.39, 0.29) is 11.8 Å². The molecule has 0 spiro atoms. The molecule has 1 rings (SSSR count). The number of likely N-dealkylation sites (N-methyl/N-ethyl adjacent to an activating group) is 1. The Labute approximate surface area is 89.1 Å². The molecule has 0 saturated carbocycles. The van der Waals surface area contributed by atoms with E-state index in [9.17, 15) is 9.59 Å². The van der Waals surface area contributed by atoms with E-state index in [1.807, 2.05) is 6.92 Å².